The number of anilines is 1. The molecule has 0 aliphatic carbocycles. The highest BCUT2D eigenvalue weighted by molar-refractivity contribution is 6.10. The SMILES string of the molecule is CCn1c(N2CCCNCC2)c(C(=O)N(C)C)c2ncn(Cc3nccc4ccccc34)c(=O)c21. The average Bonchev–Trinajstić information content (AvgIpc) is 2.99. The van der Waals surface area contributed by atoms with Gasteiger partial charge in [0.1, 0.15) is 22.4 Å². The van der Waals surface area contributed by atoms with Crippen LogP contribution >= 0.6 is 0 Å². The lowest BCUT2D eigenvalue weighted by Crippen LogP contribution is -2.32. The molecule has 0 unspecified atom stereocenters. The van der Waals surface area contributed by atoms with Gasteiger partial charge in [-0.3, -0.25) is 19.1 Å². The Kier molecular flexibility index (Phi) is 6.25. The Morgan fingerprint density at radius 2 is 1.94 bits per heavy atom. The van der Waals surface area contributed by atoms with Crippen LogP contribution in [0.3, 0.4) is 0 Å². The lowest BCUT2D eigenvalue weighted by Gasteiger charge is -2.25. The van der Waals surface area contributed by atoms with Crippen LogP contribution in [-0.2, 0) is 13.1 Å². The first-order valence-corrected chi connectivity index (χ1v) is 12.1. The third kappa shape index (κ3) is 4.05. The zero-order valence-electron chi connectivity index (χ0n) is 20.5. The molecular weight excluding hydrogens is 442 g/mol. The number of carbonyl (C=O) groups excluding carboxylic acids is 1. The number of hydrogen-bond acceptors (Lipinski definition) is 6. The van der Waals surface area contributed by atoms with Crippen molar-refractivity contribution < 1.29 is 4.79 Å². The number of fused-ring (bicyclic) bond motifs is 2. The third-order valence-corrected chi connectivity index (χ3v) is 6.65. The third-order valence-electron chi connectivity index (χ3n) is 6.65. The summed E-state index contributed by atoms with van der Waals surface area (Å²) in [7, 11) is 3.47. The molecule has 0 atom stereocenters. The molecule has 1 aliphatic heterocycles. The second kappa shape index (κ2) is 9.50. The van der Waals surface area contributed by atoms with E-state index in [-0.39, 0.29) is 11.5 Å². The molecule has 182 valence electrons. The number of nitrogens with one attached hydrogen (secondary N) is 1. The van der Waals surface area contributed by atoms with Crippen molar-refractivity contribution in [3.8, 4) is 0 Å². The molecule has 1 amide bonds. The minimum atomic E-state index is -0.168. The minimum Gasteiger partial charge on any atom is -0.356 e. The van der Waals surface area contributed by atoms with Gasteiger partial charge in [-0.2, -0.15) is 0 Å². The maximum Gasteiger partial charge on any atom is 0.278 e. The summed E-state index contributed by atoms with van der Waals surface area (Å²) in [6, 6.07) is 9.98. The number of aromatic nitrogens is 4. The fourth-order valence-corrected chi connectivity index (χ4v) is 4.95. The van der Waals surface area contributed by atoms with Crippen LogP contribution in [0.4, 0.5) is 5.82 Å². The van der Waals surface area contributed by atoms with Crippen LogP contribution in [-0.4, -0.2) is 70.2 Å². The molecule has 4 heterocycles. The monoisotopic (exact) mass is 473 g/mol. The first-order chi connectivity index (χ1) is 17.0. The van der Waals surface area contributed by atoms with Gasteiger partial charge in [-0.25, -0.2) is 4.98 Å². The standard InChI is InChI=1S/C26H31N7O2/c1-4-33-23-22(21(25(34)30(2)3)24(33)31-14-7-11-27-13-15-31)29-17-32(26(23)35)16-20-19-9-6-5-8-18(19)10-12-28-20/h5-6,8-10,12,17,27H,4,7,11,13-16H2,1-3H3. The van der Waals surface area contributed by atoms with Gasteiger partial charge >= 0.3 is 0 Å². The fourth-order valence-electron chi connectivity index (χ4n) is 4.95. The van der Waals surface area contributed by atoms with E-state index in [1.54, 1.807) is 36.1 Å². The highest BCUT2D eigenvalue weighted by Crippen LogP contribution is 2.32. The summed E-state index contributed by atoms with van der Waals surface area (Å²) in [6.07, 6.45) is 4.28. The quantitative estimate of drug-likeness (QED) is 0.479. The topological polar surface area (TPSA) is 88.3 Å². The molecule has 9 heteroatoms. The Hall–Kier alpha value is -3.72. The molecule has 3 aromatic heterocycles. The van der Waals surface area contributed by atoms with E-state index >= 15 is 0 Å². The predicted molar refractivity (Wildman–Crippen MR) is 138 cm³/mol. The summed E-state index contributed by atoms with van der Waals surface area (Å²) >= 11 is 0. The van der Waals surface area contributed by atoms with E-state index in [9.17, 15) is 9.59 Å². The number of benzene rings is 1. The van der Waals surface area contributed by atoms with Crippen molar-refractivity contribution in [2.75, 3.05) is 45.2 Å². The lowest BCUT2D eigenvalue weighted by molar-refractivity contribution is 0.0829. The highest BCUT2D eigenvalue weighted by atomic mass is 16.2. The van der Waals surface area contributed by atoms with Gasteiger partial charge in [-0.15, -0.1) is 0 Å². The summed E-state index contributed by atoms with van der Waals surface area (Å²) in [5.74, 6) is 0.644. The molecule has 0 bridgehead atoms. The van der Waals surface area contributed by atoms with E-state index in [0.29, 0.717) is 29.7 Å². The normalized spacial score (nSPS) is 14.4. The van der Waals surface area contributed by atoms with Crippen LogP contribution in [0.25, 0.3) is 21.8 Å². The fraction of sp³-hybridized carbons (Fsp3) is 0.385. The van der Waals surface area contributed by atoms with Crippen LogP contribution in [0, 0.1) is 0 Å². The number of aryl methyl sites for hydroxylation is 1. The number of pyridine rings is 1. The maximum atomic E-state index is 13.9. The smallest absolute Gasteiger partial charge is 0.278 e. The summed E-state index contributed by atoms with van der Waals surface area (Å²) < 4.78 is 3.57. The molecular formula is C26H31N7O2. The number of hydrogen-bond donors (Lipinski definition) is 1. The number of carbonyl (C=O) groups is 1. The molecule has 1 saturated heterocycles. The van der Waals surface area contributed by atoms with Gasteiger partial charge in [0.25, 0.3) is 11.5 Å². The molecule has 9 nitrogen and oxygen atoms in total. The molecule has 1 N–H and O–H groups in total. The van der Waals surface area contributed by atoms with Crippen LogP contribution in [0.15, 0.2) is 47.7 Å². The van der Waals surface area contributed by atoms with Gasteiger partial charge in [0.05, 0.1) is 18.6 Å². The molecule has 0 radical (unpaired) electrons. The lowest BCUT2D eigenvalue weighted by atomic mass is 10.1. The van der Waals surface area contributed by atoms with Crippen LogP contribution < -0.4 is 15.8 Å². The molecule has 0 spiro atoms. The average molecular weight is 474 g/mol. The minimum absolute atomic E-state index is 0.144. The van der Waals surface area contributed by atoms with Crippen molar-refractivity contribution >= 4 is 33.5 Å². The zero-order chi connectivity index (χ0) is 24.5. The molecule has 0 saturated carbocycles. The van der Waals surface area contributed by atoms with Gasteiger partial charge in [-0.1, -0.05) is 24.3 Å². The van der Waals surface area contributed by atoms with Crippen molar-refractivity contribution in [1.82, 2.24) is 29.3 Å². The Morgan fingerprint density at radius 3 is 2.74 bits per heavy atom. The highest BCUT2D eigenvalue weighted by Gasteiger charge is 2.30. The second-order valence-corrected chi connectivity index (χ2v) is 9.09. The van der Waals surface area contributed by atoms with Crippen molar-refractivity contribution in [3.63, 3.8) is 0 Å². The molecule has 4 aromatic rings. The molecule has 1 fully saturated rings. The number of rotatable bonds is 5. The summed E-state index contributed by atoms with van der Waals surface area (Å²) in [4.78, 5) is 40.3. The Balaban J connectivity index is 1.71. The van der Waals surface area contributed by atoms with E-state index in [4.69, 9.17) is 4.98 Å². The summed E-state index contributed by atoms with van der Waals surface area (Å²) in [6.45, 7) is 6.20. The van der Waals surface area contributed by atoms with E-state index in [1.807, 2.05) is 41.8 Å². The molecule has 35 heavy (non-hydrogen) atoms. The molecule has 1 aromatic carbocycles. The molecule has 1 aliphatic rings. The Bertz CT molecular complexity index is 1440. The van der Waals surface area contributed by atoms with Gasteiger partial charge in [0.2, 0.25) is 0 Å². The second-order valence-electron chi connectivity index (χ2n) is 9.09. The Labute approximate surface area is 204 Å². The van der Waals surface area contributed by atoms with Crippen LogP contribution in [0.2, 0.25) is 0 Å². The first kappa shape index (κ1) is 23.0. The van der Waals surface area contributed by atoms with E-state index in [0.717, 1.165) is 54.9 Å². The Morgan fingerprint density at radius 1 is 1.11 bits per heavy atom. The number of nitrogens with zero attached hydrogens (tertiary/aromatic N) is 6. The summed E-state index contributed by atoms with van der Waals surface area (Å²) in [5, 5.41) is 5.50. The molecule has 5 rings (SSSR count). The number of amides is 1. The van der Waals surface area contributed by atoms with Crippen molar-refractivity contribution in [1.29, 1.82) is 0 Å². The van der Waals surface area contributed by atoms with E-state index in [2.05, 4.69) is 15.2 Å². The summed E-state index contributed by atoms with van der Waals surface area (Å²) in [5.41, 5.74) is 2.07. The van der Waals surface area contributed by atoms with Crippen molar-refractivity contribution in [3.05, 3.63) is 64.5 Å². The van der Waals surface area contributed by atoms with Crippen LogP contribution in [0.1, 0.15) is 29.4 Å². The van der Waals surface area contributed by atoms with Gasteiger partial charge in [-0.05, 0) is 31.3 Å². The van der Waals surface area contributed by atoms with Crippen molar-refractivity contribution in [2.45, 2.75) is 26.4 Å². The van der Waals surface area contributed by atoms with Crippen LogP contribution in [0.5, 0.6) is 0 Å². The first-order valence-electron chi connectivity index (χ1n) is 12.1. The van der Waals surface area contributed by atoms with E-state index < -0.39 is 0 Å². The predicted octanol–water partition coefficient (Wildman–Crippen LogP) is 2.32. The van der Waals surface area contributed by atoms with Gasteiger partial charge in [0, 0.05) is 51.9 Å². The van der Waals surface area contributed by atoms with Gasteiger partial charge in [0.15, 0.2) is 0 Å². The largest absolute Gasteiger partial charge is 0.356 e. The van der Waals surface area contributed by atoms with Gasteiger partial charge < -0.3 is 19.7 Å². The van der Waals surface area contributed by atoms with E-state index in [1.165, 1.54) is 0 Å². The van der Waals surface area contributed by atoms with Crippen molar-refractivity contribution in [2.24, 2.45) is 0 Å². The maximum absolute atomic E-state index is 13.9. The zero-order valence-corrected chi connectivity index (χ0v) is 20.5.